The Balaban J connectivity index is 4.05. The second-order valence-corrected chi connectivity index (χ2v) is 4.49. The average Bonchev–Trinajstić information content (AvgIpc) is 2.44. The zero-order valence-corrected chi connectivity index (χ0v) is 12.4. The molecule has 0 aromatic heterocycles. The molecule has 0 aliphatic carbocycles. The van der Waals surface area contributed by atoms with Crippen molar-refractivity contribution in [3.63, 3.8) is 0 Å². The van der Waals surface area contributed by atoms with E-state index in [1.165, 1.54) is 0 Å². The third kappa shape index (κ3) is 9.26. The van der Waals surface area contributed by atoms with Crippen LogP contribution in [0.25, 0.3) is 0 Å². The number of nitrogens with one attached hydrogen (secondary N) is 1. The van der Waals surface area contributed by atoms with E-state index in [1.54, 1.807) is 0 Å². The molecule has 5 nitrogen and oxygen atoms in total. The number of rotatable bonds is 10. The molecule has 1 amide bonds. The molecule has 0 radical (unpaired) electrons. The highest BCUT2D eigenvalue weighted by Gasteiger charge is 2.21. The molecule has 114 valence electrons. The molecule has 0 aromatic carbocycles. The van der Waals surface area contributed by atoms with Gasteiger partial charge in [0.25, 0.3) is 0 Å². The number of terminal acetylenes is 1. The average molecular weight is 283 g/mol. The molecule has 1 atom stereocenters. The molecular formula is C15H25NO4. The van der Waals surface area contributed by atoms with Crippen LogP contribution in [-0.4, -0.2) is 31.3 Å². The highest BCUT2D eigenvalue weighted by molar-refractivity contribution is 5.81. The second kappa shape index (κ2) is 12.3. The van der Waals surface area contributed by atoms with Crippen LogP contribution in [0.1, 0.15) is 52.4 Å². The number of ether oxygens (including phenoxy) is 2. The maximum absolute atomic E-state index is 11.8. The van der Waals surface area contributed by atoms with Crippen LogP contribution in [0.15, 0.2) is 0 Å². The van der Waals surface area contributed by atoms with E-state index >= 15 is 0 Å². The predicted molar refractivity (Wildman–Crippen MR) is 77.1 cm³/mol. The quantitative estimate of drug-likeness (QED) is 0.380. The van der Waals surface area contributed by atoms with Gasteiger partial charge in [-0.05, 0) is 12.8 Å². The number of alkyl carbamates (subject to hydrolysis) is 1. The SMILES string of the molecule is C#CCOC(=O)NC(CCC)C(=O)OCCCCCC. The van der Waals surface area contributed by atoms with Gasteiger partial charge in [0.1, 0.15) is 6.04 Å². The lowest BCUT2D eigenvalue weighted by Gasteiger charge is -2.16. The van der Waals surface area contributed by atoms with Crippen molar-refractivity contribution in [3.8, 4) is 12.3 Å². The molecule has 0 aromatic rings. The molecule has 0 rings (SSSR count). The Hall–Kier alpha value is -1.70. The number of unbranched alkanes of at least 4 members (excludes halogenated alkanes) is 3. The molecule has 1 N–H and O–H groups in total. The summed E-state index contributed by atoms with van der Waals surface area (Å²) in [7, 11) is 0. The Morgan fingerprint density at radius 3 is 2.50 bits per heavy atom. The molecule has 0 spiro atoms. The monoisotopic (exact) mass is 283 g/mol. The number of hydrogen-bond donors (Lipinski definition) is 1. The summed E-state index contributed by atoms with van der Waals surface area (Å²) in [5.74, 6) is 1.77. The molecule has 0 bridgehead atoms. The van der Waals surface area contributed by atoms with Crippen molar-refractivity contribution in [1.29, 1.82) is 0 Å². The molecular weight excluding hydrogens is 258 g/mol. The molecule has 0 saturated heterocycles. The van der Waals surface area contributed by atoms with Gasteiger partial charge < -0.3 is 14.8 Å². The van der Waals surface area contributed by atoms with Crippen LogP contribution in [-0.2, 0) is 14.3 Å². The first-order chi connectivity index (χ1) is 9.65. The highest BCUT2D eigenvalue weighted by atomic mass is 16.6. The van der Waals surface area contributed by atoms with Gasteiger partial charge in [-0.15, -0.1) is 6.42 Å². The first-order valence-corrected chi connectivity index (χ1v) is 7.19. The Labute approximate surface area is 121 Å². The fraction of sp³-hybridized carbons (Fsp3) is 0.733. The van der Waals surface area contributed by atoms with Crippen molar-refractivity contribution >= 4 is 12.1 Å². The zero-order valence-electron chi connectivity index (χ0n) is 12.4. The maximum atomic E-state index is 11.8. The van der Waals surface area contributed by atoms with E-state index in [1.807, 2.05) is 6.92 Å². The highest BCUT2D eigenvalue weighted by Crippen LogP contribution is 2.03. The van der Waals surface area contributed by atoms with E-state index in [9.17, 15) is 9.59 Å². The van der Waals surface area contributed by atoms with Crippen molar-refractivity contribution in [2.75, 3.05) is 13.2 Å². The molecule has 0 fully saturated rings. The Bertz CT molecular complexity index is 322. The normalized spacial score (nSPS) is 11.2. The van der Waals surface area contributed by atoms with Crippen LogP contribution in [0.4, 0.5) is 4.79 Å². The van der Waals surface area contributed by atoms with Gasteiger partial charge in [-0.1, -0.05) is 45.5 Å². The molecule has 5 heteroatoms. The van der Waals surface area contributed by atoms with Crippen LogP contribution >= 0.6 is 0 Å². The van der Waals surface area contributed by atoms with Gasteiger partial charge >= 0.3 is 12.1 Å². The van der Waals surface area contributed by atoms with Crippen molar-refractivity contribution in [2.45, 2.75) is 58.4 Å². The van der Waals surface area contributed by atoms with Crippen LogP contribution in [0.5, 0.6) is 0 Å². The fourth-order valence-electron chi connectivity index (χ4n) is 1.63. The maximum Gasteiger partial charge on any atom is 0.408 e. The van der Waals surface area contributed by atoms with Crippen molar-refractivity contribution in [2.24, 2.45) is 0 Å². The minimum Gasteiger partial charge on any atom is -0.464 e. The second-order valence-electron chi connectivity index (χ2n) is 4.49. The van der Waals surface area contributed by atoms with Gasteiger partial charge in [0.2, 0.25) is 0 Å². The largest absolute Gasteiger partial charge is 0.464 e. The van der Waals surface area contributed by atoms with E-state index in [-0.39, 0.29) is 6.61 Å². The number of carbonyl (C=O) groups is 2. The first-order valence-electron chi connectivity index (χ1n) is 7.19. The summed E-state index contributed by atoms with van der Waals surface area (Å²) in [6.07, 6.45) is 9.72. The number of carbonyl (C=O) groups excluding carboxylic acids is 2. The molecule has 20 heavy (non-hydrogen) atoms. The van der Waals surface area contributed by atoms with Gasteiger partial charge in [-0.25, -0.2) is 9.59 Å². The van der Waals surface area contributed by atoms with E-state index in [2.05, 4.69) is 22.9 Å². The van der Waals surface area contributed by atoms with Crippen molar-refractivity contribution in [1.82, 2.24) is 5.32 Å². The lowest BCUT2D eigenvalue weighted by Crippen LogP contribution is -2.42. The van der Waals surface area contributed by atoms with Gasteiger partial charge in [-0.2, -0.15) is 0 Å². The number of hydrogen-bond acceptors (Lipinski definition) is 4. The summed E-state index contributed by atoms with van der Waals surface area (Å²) < 4.78 is 9.84. The number of amides is 1. The molecule has 0 aliphatic heterocycles. The van der Waals surface area contributed by atoms with Crippen LogP contribution < -0.4 is 5.32 Å². The van der Waals surface area contributed by atoms with Gasteiger partial charge in [0.15, 0.2) is 6.61 Å². The molecule has 0 saturated carbocycles. The lowest BCUT2D eigenvalue weighted by molar-refractivity contribution is -0.146. The summed E-state index contributed by atoms with van der Waals surface area (Å²) in [5.41, 5.74) is 0. The molecule has 0 aliphatic rings. The summed E-state index contributed by atoms with van der Waals surface area (Å²) in [6.45, 7) is 4.32. The minimum atomic E-state index is -0.690. The van der Waals surface area contributed by atoms with E-state index in [4.69, 9.17) is 11.2 Å². The smallest absolute Gasteiger partial charge is 0.408 e. The van der Waals surface area contributed by atoms with Gasteiger partial charge in [0, 0.05) is 0 Å². The van der Waals surface area contributed by atoms with Gasteiger partial charge in [0.05, 0.1) is 6.61 Å². The first kappa shape index (κ1) is 18.3. The topological polar surface area (TPSA) is 64.6 Å². The molecule has 0 heterocycles. The van der Waals surface area contributed by atoms with Crippen molar-refractivity contribution in [3.05, 3.63) is 0 Å². The lowest BCUT2D eigenvalue weighted by atomic mass is 10.2. The zero-order chi connectivity index (χ0) is 15.2. The summed E-state index contributed by atoms with van der Waals surface area (Å²) >= 11 is 0. The van der Waals surface area contributed by atoms with Crippen LogP contribution in [0.3, 0.4) is 0 Å². The predicted octanol–water partition coefficient (Wildman–Crippen LogP) is 2.64. The van der Waals surface area contributed by atoms with Crippen LogP contribution in [0, 0.1) is 12.3 Å². The third-order valence-corrected chi connectivity index (χ3v) is 2.68. The van der Waals surface area contributed by atoms with Crippen molar-refractivity contribution < 1.29 is 19.1 Å². The Kier molecular flexibility index (Phi) is 11.3. The van der Waals surface area contributed by atoms with E-state index in [0.717, 1.165) is 32.1 Å². The Morgan fingerprint density at radius 2 is 1.90 bits per heavy atom. The summed E-state index contributed by atoms with van der Waals surface area (Å²) in [5, 5.41) is 2.47. The van der Waals surface area contributed by atoms with Gasteiger partial charge in [-0.3, -0.25) is 0 Å². The third-order valence-electron chi connectivity index (χ3n) is 2.68. The van der Waals surface area contributed by atoms with Crippen LogP contribution in [0.2, 0.25) is 0 Å². The van der Waals surface area contributed by atoms with E-state index in [0.29, 0.717) is 13.0 Å². The molecule has 1 unspecified atom stereocenters. The summed E-state index contributed by atoms with van der Waals surface area (Å²) in [6, 6.07) is -0.670. The Morgan fingerprint density at radius 1 is 1.15 bits per heavy atom. The standard InChI is InChI=1S/C15H25NO4/c1-4-7-8-9-12-19-14(17)13(10-5-2)16-15(18)20-11-6-3/h3,13H,4-5,7-12H2,1-2H3,(H,16,18). The fourth-order valence-corrected chi connectivity index (χ4v) is 1.63. The van der Waals surface area contributed by atoms with E-state index < -0.39 is 18.1 Å². The summed E-state index contributed by atoms with van der Waals surface area (Å²) in [4.78, 5) is 23.2. The minimum absolute atomic E-state index is 0.114. The number of esters is 1.